The highest BCUT2D eigenvalue weighted by molar-refractivity contribution is 8.93. The normalized spacial score (nSPS) is 8.89. The van der Waals surface area contributed by atoms with Crippen LogP contribution in [0, 0.1) is 17.3 Å². The highest BCUT2D eigenvalue weighted by Gasteiger charge is 2.01. The molecule has 54 valence electrons. The smallest absolute Gasteiger partial charge is 0.0234 e. The molecule has 0 aromatic rings. The van der Waals surface area contributed by atoms with Crippen molar-refractivity contribution in [1.82, 2.24) is 0 Å². The van der Waals surface area contributed by atoms with Gasteiger partial charge in [0, 0.05) is 11.6 Å². The van der Waals surface area contributed by atoms with Crippen molar-refractivity contribution in [3.8, 4) is 11.8 Å². The highest BCUT2D eigenvalue weighted by atomic mass is 79.9. The third kappa shape index (κ3) is 11.8. The van der Waals surface area contributed by atoms with Crippen LogP contribution in [0.2, 0.25) is 0 Å². The molecule has 0 bridgehead atoms. The standard InChI is InChI=1S/C7H13P.BrH/c1-7(2,3)5-4-6-8;/h6,8H2,1-3H3;1H. The molecule has 0 aromatic carbocycles. The van der Waals surface area contributed by atoms with Crippen LogP contribution in [0.15, 0.2) is 0 Å². The molecule has 0 amide bonds. The van der Waals surface area contributed by atoms with E-state index in [9.17, 15) is 0 Å². The summed E-state index contributed by atoms with van der Waals surface area (Å²) in [6, 6.07) is 0. The zero-order chi connectivity index (χ0) is 6.62. The van der Waals surface area contributed by atoms with Crippen LogP contribution in [0.4, 0.5) is 0 Å². The van der Waals surface area contributed by atoms with Crippen molar-refractivity contribution >= 4 is 26.2 Å². The molecule has 0 aliphatic rings. The van der Waals surface area contributed by atoms with Gasteiger partial charge >= 0.3 is 0 Å². The molecule has 9 heavy (non-hydrogen) atoms. The van der Waals surface area contributed by atoms with Gasteiger partial charge in [-0.25, -0.2) is 0 Å². The summed E-state index contributed by atoms with van der Waals surface area (Å²) in [5.74, 6) is 6.10. The lowest BCUT2D eigenvalue weighted by atomic mass is 9.98. The Hall–Kier alpha value is 0.470. The van der Waals surface area contributed by atoms with Gasteiger partial charge in [-0.1, -0.05) is 11.8 Å². The van der Waals surface area contributed by atoms with Gasteiger partial charge in [0.25, 0.3) is 0 Å². The Bertz CT molecular complexity index is 113. The Morgan fingerprint density at radius 2 is 1.78 bits per heavy atom. The maximum absolute atomic E-state index is 3.10. The molecule has 0 aromatic heterocycles. The van der Waals surface area contributed by atoms with E-state index < -0.39 is 0 Å². The summed E-state index contributed by atoms with van der Waals surface area (Å²) in [6.45, 7) is 6.33. The Morgan fingerprint density at radius 1 is 1.33 bits per heavy atom. The summed E-state index contributed by atoms with van der Waals surface area (Å²) in [5.41, 5.74) is 0.177. The predicted molar refractivity (Wildman–Crippen MR) is 52.1 cm³/mol. The summed E-state index contributed by atoms with van der Waals surface area (Å²) < 4.78 is 0. The van der Waals surface area contributed by atoms with Crippen molar-refractivity contribution in [2.45, 2.75) is 20.8 Å². The fourth-order valence-corrected chi connectivity index (χ4v) is 0.418. The van der Waals surface area contributed by atoms with E-state index in [1.807, 2.05) is 0 Å². The van der Waals surface area contributed by atoms with Gasteiger partial charge in [0.1, 0.15) is 0 Å². The van der Waals surface area contributed by atoms with Crippen molar-refractivity contribution in [3.05, 3.63) is 0 Å². The van der Waals surface area contributed by atoms with Crippen LogP contribution in [0.25, 0.3) is 0 Å². The van der Waals surface area contributed by atoms with Crippen LogP contribution < -0.4 is 0 Å². The molecule has 0 aliphatic heterocycles. The summed E-state index contributed by atoms with van der Waals surface area (Å²) in [4.78, 5) is 0. The van der Waals surface area contributed by atoms with Crippen molar-refractivity contribution in [2.24, 2.45) is 5.41 Å². The van der Waals surface area contributed by atoms with E-state index in [0.29, 0.717) is 0 Å². The van der Waals surface area contributed by atoms with E-state index in [0.717, 1.165) is 6.16 Å². The predicted octanol–water partition coefficient (Wildman–Crippen LogP) is 2.49. The SMILES string of the molecule is Br.CC(C)(C)C#CCP. The lowest BCUT2D eigenvalue weighted by molar-refractivity contribution is 0.571. The Balaban J connectivity index is 0. The van der Waals surface area contributed by atoms with Crippen LogP contribution >= 0.6 is 26.2 Å². The topological polar surface area (TPSA) is 0 Å². The average molecular weight is 209 g/mol. The minimum Gasteiger partial charge on any atom is -0.125 e. The number of rotatable bonds is 0. The van der Waals surface area contributed by atoms with Gasteiger partial charge in [0.15, 0.2) is 0 Å². The first-order chi connectivity index (χ1) is 3.56. The van der Waals surface area contributed by atoms with Gasteiger partial charge in [0.2, 0.25) is 0 Å². The van der Waals surface area contributed by atoms with Gasteiger partial charge < -0.3 is 0 Å². The van der Waals surface area contributed by atoms with E-state index in [4.69, 9.17) is 0 Å². The first-order valence-electron chi connectivity index (χ1n) is 2.76. The molecule has 2 heteroatoms. The zero-order valence-electron chi connectivity index (χ0n) is 6.19. The third-order valence-electron chi connectivity index (χ3n) is 0.565. The average Bonchev–Trinajstić information content (AvgIpc) is 1.59. The third-order valence-corrected chi connectivity index (χ3v) is 0.770. The van der Waals surface area contributed by atoms with Crippen molar-refractivity contribution < 1.29 is 0 Å². The molecular formula is C7H14BrP. The zero-order valence-corrected chi connectivity index (χ0v) is 9.06. The summed E-state index contributed by atoms with van der Waals surface area (Å²) in [5, 5.41) is 0. The number of hydrogen-bond acceptors (Lipinski definition) is 0. The van der Waals surface area contributed by atoms with Crippen molar-refractivity contribution in [2.75, 3.05) is 6.16 Å². The molecule has 1 unspecified atom stereocenters. The van der Waals surface area contributed by atoms with E-state index >= 15 is 0 Å². The molecule has 0 heterocycles. The van der Waals surface area contributed by atoms with Crippen LogP contribution in [0.5, 0.6) is 0 Å². The second-order valence-electron chi connectivity index (χ2n) is 2.76. The number of halogens is 1. The molecule has 1 atom stereocenters. The Morgan fingerprint density at radius 3 is 1.89 bits per heavy atom. The monoisotopic (exact) mass is 208 g/mol. The summed E-state index contributed by atoms with van der Waals surface area (Å²) in [6.07, 6.45) is 0.886. The lowest BCUT2D eigenvalue weighted by Crippen LogP contribution is -1.98. The molecule has 0 nitrogen and oxygen atoms in total. The largest absolute Gasteiger partial charge is 0.125 e. The van der Waals surface area contributed by atoms with E-state index in [1.165, 1.54) is 0 Å². The fourth-order valence-electron chi connectivity index (χ4n) is 0.316. The van der Waals surface area contributed by atoms with Crippen LogP contribution in [0.1, 0.15) is 20.8 Å². The van der Waals surface area contributed by atoms with Crippen molar-refractivity contribution in [1.29, 1.82) is 0 Å². The van der Waals surface area contributed by atoms with Gasteiger partial charge in [-0.3, -0.25) is 0 Å². The summed E-state index contributed by atoms with van der Waals surface area (Å²) in [7, 11) is 2.58. The molecular weight excluding hydrogens is 195 g/mol. The first-order valence-corrected chi connectivity index (χ1v) is 3.58. The van der Waals surface area contributed by atoms with Crippen molar-refractivity contribution in [3.63, 3.8) is 0 Å². The van der Waals surface area contributed by atoms with E-state index in [-0.39, 0.29) is 22.4 Å². The first kappa shape index (κ1) is 12.2. The quantitative estimate of drug-likeness (QED) is 0.424. The molecule has 0 aliphatic carbocycles. The maximum Gasteiger partial charge on any atom is 0.0234 e. The van der Waals surface area contributed by atoms with E-state index in [1.54, 1.807) is 0 Å². The van der Waals surface area contributed by atoms with Crippen LogP contribution in [-0.2, 0) is 0 Å². The maximum atomic E-state index is 3.10. The van der Waals surface area contributed by atoms with Gasteiger partial charge in [0.05, 0.1) is 0 Å². The molecule has 0 spiro atoms. The lowest BCUT2D eigenvalue weighted by Gasteiger charge is -2.06. The highest BCUT2D eigenvalue weighted by Crippen LogP contribution is 2.09. The van der Waals surface area contributed by atoms with Gasteiger partial charge in [-0.2, -0.15) is 0 Å². The minimum absolute atomic E-state index is 0. The second-order valence-corrected chi connectivity index (χ2v) is 3.16. The second kappa shape index (κ2) is 5.27. The van der Waals surface area contributed by atoms with Crippen LogP contribution in [-0.4, -0.2) is 6.16 Å². The minimum atomic E-state index is 0. The molecule has 0 N–H and O–H groups in total. The van der Waals surface area contributed by atoms with E-state index in [2.05, 4.69) is 41.9 Å². The van der Waals surface area contributed by atoms with Crippen LogP contribution in [0.3, 0.4) is 0 Å². The molecule has 0 fully saturated rings. The molecule has 0 rings (SSSR count). The van der Waals surface area contributed by atoms with Gasteiger partial charge in [-0.15, -0.1) is 26.2 Å². The Kier molecular flexibility index (Phi) is 7.13. The fraction of sp³-hybridized carbons (Fsp3) is 0.714. The molecule has 0 saturated carbocycles. The molecule has 0 saturated heterocycles. The number of hydrogen-bond donors (Lipinski definition) is 0. The Labute approximate surface area is 70.8 Å². The molecule has 0 radical (unpaired) electrons. The van der Waals surface area contributed by atoms with Gasteiger partial charge in [-0.05, 0) is 20.8 Å². The summed E-state index contributed by atoms with van der Waals surface area (Å²) >= 11 is 0.